The van der Waals surface area contributed by atoms with E-state index in [0.717, 1.165) is 35.2 Å². The van der Waals surface area contributed by atoms with E-state index in [2.05, 4.69) is 14.8 Å². The zero-order valence-corrected chi connectivity index (χ0v) is 41.1. The fourth-order valence-electron chi connectivity index (χ4n) is 6.90. The number of sulfonamides is 2. The lowest BCUT2D eigenvalue weighted by molar-refractivity contribution is -0.141. The molecule has 4 aromatic carbocycles. The van der Waals surface area contributed by atoms with Crippen molar-refractivity contribution in [2.45, 2.75) is 59.9 Å². The number of likely N-dealkylation sites (N-methyl/N-ethyl adjacent to an activating group) is 1. The van der Waals surface area contributed by atoms with Gasteiger partial charge in [0.05, 0.1) is 53.5 Å². The molecule has 69 heavy (non-hydrogen) atoms. The van der Waals surface area contributed by atoms with Gasteiger partial charge in [0.15, 0.2) is 0 Å². The quantitative estimate of drug-likeness (QED) is 0.111. The lowest BCUT2D eigenvalue weighted by Crippen LogP contribution is -2.45. The van der Waals surface area contributed by atoms with Crippen molar-refractivity contribution in [2.24, 2.45) is 0 Å². The van der Waals surface area contributed by atoms with Crippen LogP contribution in [0.2, 0.25) is 20.1 Å². The average Bonchev–Trinajstić information content (AvgIpc) is 3.94. The molecule has 2 saturated heterocycles. The lowest BCUT2D eigenvalue weighted by atomic mass is 10.1. The molecule has 2 heterocycles. The van der Waals surface area contributed by atoms with Crippen LogP contribution in [0.4, 0.5) is 37.7 Å². The van der Waals surface area contributed by atoms with Gasteiger partial charge in [-0.05, 0) is 113 Å². The van der Waals surface area contributed by atoms with Gasteiger partial charge in [-0.25, -0.2) is 21.6 Å². The summed E-state index contributed by atoms with van der Waals surface area (Å²) in [4.78, 5) is 52.5. The number of hydrogen-bond acceptors (Lipinski definition) is 9. The van der Waals surface area contributed by atoms with E-state index in [1.165, 1.54) is 40.1 Å². The summed E-state index contributed by atoms with van der Waals surface area (Å²) < 4.78 is 135. The Labute approximate surface area is 412 Å². The molecule has 0 spiro atoms. The van der Waals surface area contributed by atoms with Crippen molar-refractivity contribution in [1.82, 2.24) is 20.0 Å². The number of nitrogens with zero attached hydrogens (tertiary/aromatic N) is 3. The van der Waals surface area contributed by atoms with Crippen molar-refractivity contribution >= 4 is 102 Å². The number of benzene rings is 4. The maximum atomic E-state index is 13.3. The fourth-order valence-corrected chi connectivity index (χ4v) is 9.89. The van der Waals surface area contributed by atoms with Gasteiger partial charge in [-0.3, -0.25) is 23.8 Å². The maximum Gasteiger partial charge on any atom is 0.417 e. The zero-order chi connectivity index (χ0) is 52.0. The third-order valence-corrected chi connectivity index (χ3v) is 13.9. The molecule has 2 atom stereocenters. The zero-order valence-electron chi connectivity index (χ0n) is 36.5. The normalized spacial score (nSPS) is 16.1. The summed E-state index contributed by atoms with van der Waals surface area (Å²) >= 11 is 23.0. The summed E-state index contributed by atoms with van der Waals surface area (Å²) in [5.41, 5.74) is -3.49. The Balaban J connectivity index is 0.000000285. The average molecular weight is 1090 g/mol. The van der Waals surface area contributed by atoms with E-state index in [-0.39, 0.29) is 58.0 Å². The first-order valence-corrected chi connectivity index (χ1v) is 24.5. The predicted octanol–water partition coefficient (Wildman–Crippen LogP) is 8.84. The highest BCUT2D eigenvalue weighted by molar-refractivity contribution is 7.93. The number of aliphatic carboxylic acids is 1. The van der Waals surface area contributed by atoms with Crippen LogP contribution < -0.4 is 14.8 Å². The first-order chi connectivity index (χ1) is 31.9. The highest BCUT2D eigenvalue weighted by Gasteiger charge is 2.39. The van der Waals surface area contributed by atoms with Crippen LogP contribution in [0.5, 0.6) is 0 Å². The van der Waals surface area contributed by atoms with Gasteiger partial charge >= 0.3 is 18.3 Å². The highest BCUT2D eigenvalue weighted by Crippen LogP contribution is 2.38. The SMILES string of the molecule is CN(C)C(=O)C1CCCN1C(=O)c1ccc(Cl)cc1NS(=O)(=O)c1ccc(Cl)c(C(F)(F)F)c1.CNC.O=C(O)C1CCCN1C(=O)c1ccc(Cl)cc1NS(=O)(=O)c1ccc(Cl)c(C(F)(F)F)c1. The predicted molar refractivity (Wildman–Crippen MR) is 247 cm³/mol. The summed E-state index contributed by atoms with van der Waals surface area (Å²) in [5.74, 6) is -2.84. The summed E-state index contributed by atoms with van der Waals surface area (Å²) in [6, 6.07) is 9.87. The van der Waals surface area contributed by atoms with Crippen molar-refractivity contribution in [3.05, 3.63) is 115 Å². The second-order valence-electron chi connectivity index (χ2n) is 15.3. The first-order valence-electron chi connectivity index (χ1n) is 20.0. The molecule has 2 aliphatic heterocycles. The Morgan fingerprint density at radius 1 is 0.623 bits per heavy atom. The smallest absolute Gasteiger partial charge is 0.417 e. The summed E-state index contributed by atoms with van der Waals surface area (Å²) in [7, 11) is -2.29. The van der Waals surface area contributed by atoms with Gasteiger partial charge in [-0.1, -0.05) is 46.4 Å². The van der Waals surface area contributed by atoms with Crippen molar-refractivity contribution in [2.75, 3.05) is 50.7 Å². The molecule has 0 aromatic heterocycles. The molecule has 2 aliphatic rings. The number of halogens is 10. The van der Waals surface area contributed by atoms with Gasteiger partial charge in [-0.2, -0.15) is 26.3 Å². The molecule has 6 rings (SSSR count). The summed E-state index contributed by atoms with van der Waals surface area (Å²) in [6.07, 6.45) is -8.05. The van der Waals surface area contributed by atoms with Crippen LogP contribution in [-0.4, -0.2) is 114 Å². The van der Waals surface area contributed by atoms with Crippen molar-refractivity contribution < 1.29 is 67.5 Å². The number of anilines is 2. The Morgan fingerprint density at radius 3 is 1.33 bits per heavy atom. The molecule has 2 fully saturated rings. The van der Waals surface area contributed by atoms with Gasteiger partial charge < -0.3 is 25.1 Å². The third kappa shape index (κ3) is 14.1. The molecule has 0 saturated carbocycles. The second-order valence-corrected chi connectivity index (χ2v) is 20.3. The van der Waals surface area contributed by atoms with E-state index >= 15 is 0 Å². The van der Waals surface area contributed by atoms with Crippen LogP contribution in [0, 0.1) is 0 Å². The molecule has 3 amide bonds. The van der Waals surface area contributed by atoms with E-state index in [9.17, 15) is 67.5 Å². The van der Waals surface area contributed by atoms with Crippen LogP contribution >= 0.6 is 46.4 Å². The highest BCUT2D eigenvalue weighted by atomic mass is 35.5. The first kappa shape index (κ1) is 56.5. The van der Waals surface area contributed by atoms with Crippen LogP contribution in [0.3, 0.4) is 0 Å². The van der Waals surface area contributed by atoms with Crippen molar-refractivity contribution in [1.29, 1.82) is 0 Å². The van der Waals surface area contributed by atoms with E-state index in [0.29, 0.717) is 31.4 Å². The Kier molecular flexibility index (Phi) is 18.7. The molecule has 0 bridgehead atoms. The van der Waals surface area contributed by atoms with E-state index in [1.54, 1.807) is 14.1 Å². The monoisotopic (exact) mass is 1090 g/mol. The van der Waals surface area contributed by atoms with Crippen molar-refractivity contribution in [3.8, 4) is 0 Å². The number of likely N-dealkylation sites (tertiary alicyclic amines) is 2. The van der Waals surface area contributed by atoms with Gasteiger partial charge in [0.1, 0.15) is 12.1 Å². The van der Waals surface area contributed by atoms with Crippen molar-refractivity contribution in [3.63, 3.8) is 0 Å². The lowest BCUT2D eigenvalue weighted by Gasteiger charge is -2.27. The number of carboxylic acids is 1. The summed E-state index contributed by atoms with van der Waals surface area (Å²) in [6.45, 7) is 0.431. The maximum absolute atomic E-state index is 13.3. The molecule has 376 valence electrons. The van der Waals surface area contributed by atoms with Crippen LogP contribution in [0.15, 0.2) is 82.6 Å². The van der Waals surface area contributed by atoms with E-state index < -0.39 is 93.2 Å². The molecule has 2 unspecified atom stereocenters. The molecule has 0 radical (unpaired) electrons. The van der Waals surface area contributed by atoms with Crippen LogP contribution in [-0.2, 0) is 42.0 Å². The number of carbonyl (C=O) groups is 4. The number of rotatable bonds is 10. The number of carboxylic acid groups (broad SMARTS) is 1. The Bertz CT molecular complexity index is 2820. The molecule has 15 nitrogen and oxygen atoms in total. The van der Waals surface area contributed by atoms with Gasteiger partial charge in [0, 0.05) is 37.2 Å². The number of amides is 3. The molecular weight excluding hydrogens is 1050 g/mol. The third-order valence-electron chi connectivity index (χ3n) is 10.1. The fraction of sp³-hybridized carbons (Fsp3) is 0.333. The molecule has 4 N–H and O–H groups in total. The number of carbonyl (C=O) groups excluding carboxylic acids is 3. The van der Waals surface area contributed by atoms with Gasteiger partial charge in [0.25, 0.3) is 31.9 Å². The number of hydrogen-bond donors (Lipinski definition) is 4. The minimum Gasteiger partial charge on any atom is -0.480 e. The van der Waals surface area contributed by atoms with Crippen LogP contribution in [0.25, 0.3) is 0 Å². The molecule has 4 aromatic rings. The van der Waals surface area contributed by atoms with Gasteiger partial charge in [-0.15, -0.1) is 0 Å². The number of nitrogens with one attached hydrogen (secondary N) is 3. The summed E-state index contributed by atoms with van der Waals surface area (Å²) in [5, 5.41) is 10.9. The topological polar surface area (TPSA) is 203 Å². The van der Waals surface area contributed by atoms with Crippen LogP contribution in [0.1, 0.15) is 57.5 Å². The Morgan fingerprint density at radius 2 is 0.986 bits per heavy atom. The minimum atomic E-state index is -4.89. The van der Waals surface area contributed by atoms with E-state index in [4.69, 9.17) is 46.4 Å². The van der Waals surface area contributed by atoms with Gasteiger partial charge in [0.2, 0.25) is 5.91 Å². The second kappa shape index (κ2) is 22.8. The molecule has 27 heteroatoms. The Hall–Kier alpha value is -5.04. The number of alkyl halides is 6. The minimum absolute atomic E-state index is 0.0440. The largest absolute Gasteiger partial charge is 0.480 e. The molecule has 0 aliphatic carbocycles. The standard InChI is InChI=1S/C21H20Cl2F3N3O4S.C19H15Cl2F3N2O5S.C2H7N/c1-28(2)20(31)18-4-3-9-29(18)19(30)14-7-5-12(22)10-17(14)27-34(32,33)13-6-8-16(23)15(11-13)21(24,25)26;20-10-3-5-12(17(27)26-7-1-2-16(26)18(28)29)15(8-10)25-32(30,31)11-4-6-14(21)13(9-11)19(22,23)24;1-3-2/h5-8,10-11,18,27H,3-4,9H2,1-2H3;3-6,8-9,16,25H,1-2,7H2,(H,28,29);3H,1-2H3. The van der Waals surface area contributed by atoms with E-state index in [1.807, 2.05) is 14.1 Å². The molecular formula is C42H42Cl4F6N6O9S2.